The third kappa shape index (κ3) is 7.16. The Kier molecular flexibility index (Phi) is 9.58. The number of nitrogens with zero attached hydrogens (tertiary/aromatic N) is 2. The molecule has 188 valence electrons. The van der Waals surface area contributed by atoms with Gasteiger partial charge in [-0.05, 0) is 42.0 Å². The summed E-state index contributed by atoms with van der Waals surface area (Å²) in [6, 6.07) is 14.2. The van der Waals surface area contributed by atoms with Crippen LogP contribution in [0.5, 0.6) is 0 Å². The summed E-state index contributed by atoms with van der Waals surface area (Å²) in [7, 11) is 1.47. The Morgan fingerprint density at radius 1 is 0.972 bits per heavy atom. The van der Waals surface area contributed by atoms with Gasteiger partial charge >= 0.3 is 0 Å². The minimum Gasteiger partial charge on any atom is -0.383 e. The molecular weight excluding hydrogens is 470 g/mol. The summed E-state index contributed by atoms with van der Waals surface area (Å²) >= 11 is 0. The molecule has 2 aromatic carbocycles. The Hall–Kier alpha value is -4.18. The zero-order chi connectivity index (χ0) is 25.9. The monoisotopic (exact) mass is 496 g/mol. The fourth-order valence-electron chi connectivity index (χ4n) is 3.48. The molecule has 0 bridgehead atoms. The largest absolute Gasteiger partial charge is 0.383 e. The van der Waals surface area contributed by atoms with Crippen LogP contribution in [0.3, 0.4) is 0 Å². The lowest BCUT2D eigenvalue weighted by Gasteiger charge is -2.32. The number of hydrogen-bond acceptors (Lipinski definition) is 5. The summed E-state index contributed by atoms with van der Waals surface area (Å²) in [5, 5.41) is 5.24. The molecule has 0 unspecified atom stereocenters. The van der Waals surface area contributed by atoms with Crippen molar-refractivity contribution in [3.05, 3.63) is 90.1 Å². The lowest BCUT2D eigenvalue weighted by molar-refractivity contribution is -0.127. The average Bonchev–Trinajstić information content (AvgIpc) is 2.88. The SMILES string of the molecule is COCCNC(=O)[C@H](c1ccc(F)cc1)N(C(=O)CCC(=O)Nc1ccccn1)c1ccccc1F. The first kappa shape index (κ1) is 26.4. The van der Waals surface area contributed by atoms with E-state index in [4.69, 9.17) is 4.74 Å². The van der Waals surface area contributed by atoms with Crippen molar-refractivity contribution in [2.24, 2.45) is 0 Å². The first-order valence-electron chi connectivity index (χ1n) is 11.2. The van der Waals surface area contributed by atoms with E-state index in [1.165, 1.54) is 43.6 Å². The molecule has 3 amide bonds. The van der Waals surface area contributed by atoms with Crippen molar-refractivity contribution in [2.75, 3.05) is 30.5 Å². The summed E-state index contributed by atoms with van der Waals surface area (Å²) in [5.74, 6) is -2.71. The minimum atomic E-state index is -1.33. The highest BCUT2D eigenvalue weighted by Crippen LogP contribution is 2.31. The van der Waals surface area contributed by atoms with Crippen LogP contribution < -0.4 is 15.5 Å². The second-order valence-corrected chi connectivity index (χ2v) is 7.72. The predicted octanol–water partition coefficient (Wildman–Crippen LogP) is 3.62. The number of pyridine rings is 1. The van der Waals surface area contributed by atoms with Gasteiger partial charge in [-0.3, -0.25) is 19.3 Å². The number of rotatable bonds is 11. The van der Waals surface area contributed by atoms with Gasteiger partial charge in [0.1, 0.15) is 23.5 Å². The fourth-order valence-corrected chi connectivity index (χ4v) is 3.48. The molecule has 1 atom stereocenters. The van der Waals surface area contributed by atoms with Crippen LogP contribution in [-0.2, 0) is 19.1 Å². The molecule has 1 aromatic heterocycles. The van der Waals surface area contributed by atoms with Gasteiger partial charge in [0.25, 0.3) is 0 Å². The van der Waals surface area contributed by atoms with E-state index in [1.807, 2.05) is 0 Å². The Bertz CT molecular complexity index is 1180. The summed E-state index contributed by atoms with van der Waals surface area (Å²) in [4.78, 5) is 44.1. The summed E-state index contributed by atoms with van der Waals surface area (Å²) in [5.41, 5.74) is 0.115. The maximum absolute atomic E-state index is 14.9. The van der Waals surface area contributed by atoms with E-state index < -0.39 is 35.4 Å². The molecular formula is C26H26F2N4O4. The molecule has 0 fully saturated rings. The van der Waals surface area contributed by atoms with Crippen LogP contribution in [0.2, 0.25) is 0 Å². The predicted molar refractivity (Wildman–Crippen MR) is 130 cm³/mol. The summed E-state index contributed by atoms with van der Waals surface area (Å²) in [6.07, 6.45) is 0.952. The highest BCUT2D eigenvalue weighted by atomic mass is 19.1. The number of anilines is 2. The standard InChI is InChI=1S/C26H26F2N4O4/c1-36-17-16-30-26(35)25(18-9-11-19(27)12-10-18)32(21-7-3-2-6-20(21)28)24(34)14-13-23(33)31-22-8-4-5-15-29-22/h2-12,15,25H,13-14,16-17H2,1H3,(H,30,35)(H,29,31,33)/t25-/m0/s1. The zero-order valence-corrected chi connectivity index (χ0v) is 19.6. The maximum Gasteiger partial charge on any atom is 0.247 e. The first-order valence-corrected chi connectivity index (χ1v) is 11.2. The number of carbonyl (C=O) groups is 3. The minimum absolute atomic E-state index is 0.138. The Labute approximate surface area is 207 Å². The van der Waals surface area contributed by atoms with Crippen molar-refractivity contribution in [2.45, 2.75) is 18.9 Å². The van der Waals surface area contributed by atoms with Crippen LogP contribution >= 0.6 is 0 Å². The normalized spacial score (nSPS) is 11.4. The van der Waals surface area contributed by atoms with Crippen LogP contribution in [-0.4, -0.2) is 43.0 Å². The van der Waals surface area contributed by atoms with Crippen molar-refractivity contribution < 1.29 is 27.9 Å². The van der Waals surface area contributed by atoms with Crippen LogP contribution in [0.15, 0.2) is 72.9 Å². The molecule has 0 radical (unpaired) electrons. The first-order chi connectivity index (χ1) is 17.4. The van der Waals surface area contributed by atoms with Gasteiger partial charge in [-0.25, -0.2) is 13.8 Å². The van der Waals surface area contributed by atoms with Gasteiger partial charge in [0.15, 0.2) is 0 Å². The molecule has 3 aromatic rings. The second kappa shape index (κ2) is 13.1. The second-order valence-electron chi connectivity index (χ2n) is 7.72. The van der Waals surface area contributed by atoms with Gasteiger partial charge in [-0.2, -0.15) is 0 Å². The van der Waals surface area contributed by atoms with Crippen LogP contribution in [0.1, 0.15) is 24.4 Å². The molecule has 8 nitrogen and oxygen atoms in total. The van der Waals surface area contributed by atoms with Gasteiger partial charge in [0.05, 0.1) is 12.3 Å². The molecule has 0 saturated carbocycles. The topological polar surface area (TPSA) is 101 Å². The third-order valence-electron chi connectivity index (χ3n) is 5.18. The zero-order valence-electron chi connectivity index (χ0n) is 19.6. The molecule has 2 N–H and O–H groups in total. The van der Waals surface area contributed by atoms with Crippen molar-refractivity contribution >= 4 is 29.2 Å². The average molecular weight is 497 g/mol. The Morgan fingerprint density at radius 3 is 2.36 bits per heavy atom. The molecule has 0 aliphatic heterocycles. The molecule has 0 saturated heterocycles. The van der Waals surface area contributed by atoms with Crippen molar-refractivity contribution in [3.8, 4) is 0 Å². The molecule has 1 heterocycles. The number of nitrogens with one attached hydrogen (secondary N) is 2. The maximum atomic E-state index is 14.9. The van der Waals surface area contributed by atoms with E-state index >= 15 is 0 Å². The van der Waals surface area contributed by atoms with Crippen molar-refractivity contribution in [1.82, 2.24) is 10.3 Å². The Balaban J connectivity index is 1.91. The number of para-hydroxylation sites is 1. The molecule has 0 aliphatic carbocycles. The van der Waals surface area contributed by atoms with Gasteiger partial charge in [-0.15, -0.1) is 0 Å². The van der Waals surface area contributed by atoms with E-state index in [0.29, 0.717) is 5.82 Å². The lowest BCUT2D eigenvalue weighted by Crippen LogP contribution is -2.45. The number of hydrogen-bond donors (Lipinski definition) is 2. The van der Waals surface area contributed by atoms with Crippen LogP contribution in [0.4, 0.5) is 20.3 Å². The van der Waals surface area contributed by atoms with Crippen LogP contribution in [0.25, 0.3) is 0 Å². The fraction of sp³-hybridized carbons (Fsp3) is 0.231. The summed E-state index contributed by atoms with van der Waals surface area (Å²) in [6.45, 7) is 0.349. The van der Waals surface area contributed by atoms with Gasteiger partial charge in [0, 0.05) is 32.7 Å². The van der Waals surface area contributed by atoms with Gasteiger partial charge in [-0.1, -0.05) is 30.3 Å². The summed E-state index contributed by atoms with van der Waals surface area (Å²) < 4.78 is 33.5. The number of carbonyl (C=O) groups excluding carboxylic acids is 3. The van der Waals surface area contributed by atoms with Gasteiger partial charge in [0.2, 0.25) is 17.7 Å². The van der Waals surface area contributed by atoms with E-state index in [-0.39, 0.29) is 37.2 Å². The van der Waals surface area contributed by atoms with E-state index in [1.54, 1.807) is 18.2 Å². The molecule has 3 rings (SSSR count). The number of benzene rings is 2. The van der Waals surface area contributed by atoms with Crippen molar-refractivity contribution in [3.63, 3.8) is 0 Å². The number of ether oxygens (including phenoxy) is 1. The number of amides is 3. The lowest BCUT2D eigenvalue weighted by atomic mass is 10.0. The van der Waals surface area contributed by atoms with Crippen molar-refractivity contribution in [1.29, 1.82) is 0 Å². The van der Waals surface area contributed by atoms with Crippen LogP contribution in [0, 0.1) is 11.6 Å². The molecule has 0 aliphatic rings. The van der Waals surface area contributed by atoms with E-state index in [9.17, 15) is 23.2 Å². The third-order valence-corrected chi connectivity index (χ3v) is 5.18. The number of aromatic nitrogens is 1. The molecule has 10 heteroatoms. The van der Waals surface area contributed by atoms with E-state index in [2.05, 4.69) is 15.6 Å². The molecule has 36 heavy (non-hydrogen) atoms. The molecule has 0 spiro atoms. The van der Waals surface area contributed by atoms with Gasteiger partial charge < -0.3 is 15.4 Å². The highest BCUT2D eigenvalue weighted by molar-refractivity contribution is 6.03. The highest BCUT2D eigenvalue weighted by Gasteiger charge is 2.34. The van der Waals surface area contributed by atoms with E-state index in [0.717, 1.165) is 23.1 Å². The smallest absolute Gasteiger partial charge is 0.247 e. The quantitative estimate of drug-likeness (QED) is 0.395. The number of methoxy groups -OCH3 is 1. The Morgan fingerprint density at radius 2 is 1.69 bits per heavy atom. The number of halogens is 2.